The molecule has 21 nitrogen and oxygen atoms in total. The molecule has 6 aromatic rings. The molecule has 2 aromatic carbocycles. The Morgan fingerprint density at radius 2 is 1.69 bits per heavy atom. The fraction of sp³-hybridized carbons (Fsp3) is 0.385. The number of ether oxygens (including phenoxy) is 1. The number of benzene rings is 2. The molecule has 4 aromatic heterocycles. The Labute approximate surface area is 469 Å². The van der Waals surface area contributed by atoms with Gasteiger partial charge in [-0.05, 0) is 60.7 Å². The molecule has 9 rings (SSSR count). The molecule has 2 amide bonds. The number of phosphoric acid groups is 1. The normalized spacial score (nSPS) is 17.5. The first-order valence-electron chi connectivity index (χ1n) is 25.1. The number of pyridine rings is 1. The van der Waals surface area contributed by atoms with E-state index in [1.54, 1.807) is 6.92 Å². The summed E-state index contributed by atoms with van der Waals surface area (Å²) in [4.78, 5) is 84.9. The molecule has 84 heavy (non-hydrogen) atoms. The lowest BCUT2D eigenvalue weighted by molar-refractivity contribution is -0.139. The van der Waals surface area contributed by atoms with Gasteiger partial charge < -0.3 is 19.7 Å². The average Bonchev–Trinajstić information content (AvgIpc) is 1.56. The predicted octanol–water partition coefficient (Wildman–Crippen LogP) is 7.73. The number of nitrogens with zero attached hydrogens (tertiary/aromatic N) is 8. The van der Waals surface area contributed by atoms with Crippen LogP contribution in [0.5, 0.6) is 11.6 Å². The summed E-state index contributed by atoms with van der Waals surface area (Å²) in [5.74, 6) is -11.6. The third-order valence-corrected chi connectivity index (χ3v) is 15.6. The lowest BCUT2D eigenvalue weighted by Crippen LogP contribution is -2.40. The van der Waals surface area contributed by atoms with E-state index < -0.39 is 184 Å². The first-order chi connectivity index (χ1) is 38.9. The van der Waals surface area contributed by atoms with Crippen molar-refractivity contribution in [2.75, 3.05) is 17.2 Å². The van der Waals surface area contributed by atoms with Crippen molar-refractivity contribution in [1.29, 1.82) is 0 Å². The van der Waals surface area contributed by atoms with E-state index in [9.17, 15) is 64.2 Å². The van der Waals surface area contributed by atoms with Crippen LogP contribution in [0.1, 0.15) is 125 Å². The van der Waals surface area contributed by atoms with Crippen LogP contribution in [0.25, 0.3) is 16.7 Å². The molecule has 0 aliphatic heterocycles. The monoisotopic (exact) mass is 1220 g/mol. The second kappa shape index (κ2) is 21.5. The third-order valence-electron chi connectivity index (χ3n) is 14.1. The molecule has 0 fully saturated rings. The van der Waals surface area contributed by atoms with Crippen LogP contribution in [-0.4, -0.2) is 94.2 Å². The minimum absolute atomic E-state index is 0.0300. The number of rotatable bonds is 19. The molecular formula is C52H47F9N9O12PS. The maximum Gasteiger partial charge on any atom is 0.524 e. The zero-order valence-electron chi connectivity index (χ0n) is 44.6. The number of hydrogen-bond acceptors (Lipinski definition) is 13. The topological polar surface area (TPSA) is 280 Å². The summed E-state index contributed by atoms with van der Waals surface area (Å²) >= 11 is 0. The molecule has 32 heteroatoms. The van der Waals surface area contributed by atoms with E-state index in [0.29, 0.717) is 21.3 Å². The van der Waals surface area contributed by atoms with Crippen LogP contribution in [-0.2, 0) is 55.5 Å². The number of nitrogens with one attached hydrogen (secondary N) is 1. The summed E-state index contributed by atoms with van der Waals surface area (Å²) in [6, 6.07) is 4.36. The Morgan fingerprint density at radius 1 is 1.01 bits per heavy atom. The number of carboxylic acids is 1. The van der Waals surface area contributed by atoms with Crippen LogP contribution in [0.15, 0.2) is 53.3 Å². The van der Waals surface area contributed by atoms with Crippen molar-refractivity contribution in [2.24, 2.45) is 13.0 Å². The lowest BCUT2D eigenvalue weighted by Gasteiger charge is -2.31. The molecule has 1 unspecified atom stereocenters. The number of allylic oxidation sites excluding steroid dienone is 1. The Kier molecular flexibility index (Phi) is 15.5. The summed E-state index contributed by atoms with van der Waals surface area (Å²) in [6.07, 6.45) is -9.07. The zero-order chi connectivity index (χ0) is 61.7. The average molecular weight is 1220 g/mol. The van der Waals surface area contributed by atoms with Crippen LogP contribution in [0, 0.1) is 36.3 Å². The van der Waals surface area contributed by atoms with Gasteiger partial charge in [0.25, 0.3) is 12.0 Å². The molecule has 4 heterocycles. The number of aromatic carboxylic acids is 1. The molecule has 4 N–H and O–H groups in total. The van der Waals surface area contributed by atoms with E-state index >= 15 is 22.4 Å². The summed E-state index contributed by atoms with van der Waals surface area (Å²) in [5, 5.41) is 20.0. The Balaban J connectivity index is 1.20. The van der Waals surface area contributed by atoms with Crippen LogP contribution in [0.4, 0.5) is 45.3 Å². The molecule has 0 saturated carbocycles. The number of aromatic nitrogens is 7. The van der Waals surface area contributed by atoms with Crippen molar-refractivity contribution in [1.82, 2.24) is 39.4 Å². The van der Waals surface area contributed by atoms with Gasteiger partial charge in [-0.15, -0.1) is 0 Å². The van der Waals surface area contributed by atoms with Crippen molar-refractivity contribution in [3.05, 3.63) is 127 Å². The molecule has 0 spiro atoms. The highest BCUT2D eigenvalue weighted by Gasteiger charge is 2.61. The Morgan fingerprint density at radius 3 is 2.29 bits per heavy atom. The fourth-order valence-corrected chi connectivity index (χ4v) is 12.2. The van der Waals surface area contributed by atoms with E-state index in [4.69, 9.17) is 9.26 Å². The molecule has 0 radical (unpaired) electrons. The number of carboxylic acid groups (broad SMARTS) is 1. The smallest absolute Gasteiger partial charge is 0.478 e. The van der Waals surface area contributed by atoms with Crippen LogP contribution in [0.2, 0.25) is 0 Å². The molecule has 3 aliphatic rings. The highest BCUT2D eigenvalue weighted by Crippen LogP contribution is 2.57. The van der Waals surface area contributed by atoms with Crippen LogP contribution < -0.4 is 24.4 Å². The quantitative estimate of drug-likeness (QED) is 0.0343. The van der Waals surface area contributed by atoms with Gasteiger partial charge in [0, 0.05) is 54.1 Å². The summed E-state index contributed by atoms with van der Waals surface area (Å²) in [7, 11) is -8.88. The number of fused-ring (bicyclic) bond motifs is 5. The first-order valence-corrected chi connectivity index (χ1v) is 28.4. The van der Waals surface area contributed by atoms with Gasteiger partial charge in [-0.25, -0.2) is 40.3 Å². The first kappa shape index (κ1) is 60.5. The molecule has 3 aliphatic carbocycles. The fourth-order valence-electron chi connectivity index (χ4n) is 10.9. The van der Waals surface area contributed by atoms with E-state index in [2.05, 4.69) is 37.3 Å². The highest BCUT2D eigenvalue weighted by atomic mass is 32.2. The number of carbonyl (C=O) groups excluding carboxylic acids is 2. The second-order valence-electron chi connectivity index (χ2n) is 20.9. The van der Waals surface area contributed by atoms with Gasteiger partial charge >= 0.3 is 25.9 Å². The summed E-state index contributed by atoms with van der Waals surface area (Å²) in [6.45, 7) is 3.54. The highest BCUT2D eigenvalue weighted by molar-refractivity contribution is 7.92. The maximum atomic E-state index is 15.9. The third kappa shape index (κ3) is 11.6. The van der Waals surface area contributed by atoms with Gasteiger partial charge in [0.1, 0.15) is 47.1 Å². The predicted molar refractivity (Wildman–Crippen MR) is 276 cm³/mol. The van der Waals surface area contributed by atoms with Crippen molar-refractivity contribution in [3.63, 3.8) is 0 Å². The standard InChI is InChI=1S/C52H47F9N9O12PS/c1-23-7-11-33(42-38(23)47(66-67(42)5)70(84(6,79)80)37(72)21-50(3,4)40-24(2)15-26(49(74)75)19-34(40)82-83(76,77)78)69-46(64-45-30(48(69)73)9-12-36(63-45)81-14-13-51(57,58)59)32(18-25-16-27(53)20-28(54)17-25)62-35(71)22-68-43-39(41(65-68)44(55)56)29-8-10-31(29)52(43,60)61/h9,11-12,15-17,19-20,23,29,31-32,44H,7,13-14,18,21-22H2,1-6H3,(H,62,71)(H,74,75)(H2,76,77,78)/t23?,29-,31+,32-/m0/s1. The number of halogens is 9. The van der Waals surface area contributed by atoms with Crippen molar-refractivity contribution < 1.29 is 91.0 Å². The SMILES string of the molecule is Cc1cc(C(=O)O)cc(OP(=O)(O)O)c1C(C)(C)CC(=O)N(c1nn(C)c2c1C(C)CC=C2n1c([C@H](Cc2cc(F)cc(F)c2)NC(=O)Cn2nc(C(F)F)c3c2C(F)(F)[C@@H]2C#C[C@H]32)nc2nc(OCCC(F)(F)F)ccc2c1=O)S(C)(=O)=O. The van der Waals surface area contributed by atoms with E-state index in [1.165, 1.54) is 33.9 Å². The second-order valence-corrected chi connectivity index (χ2v) is 23.9. The van der Waals surface area contributed by atoms with Gasteiger partial charge in [0.05, 0.1) is 53.6 Å². The molecule has 0 bridgehead atoms. The van der Waals surface area contributed by atoms with Crippen molar-refractivity contribution in [3.8, 4) is 23.5 Å². The summed E-state index contributed by atoms with van der Waals surface area (Å²) in [5.41, 5.74) is -7.04. The minimum atomic E-state index is -5.40. The van der Waals surface area contributed by atoms with Gasteiger partial charge in [0.2, 0.25) is 27.7 Å². The maximum absolute atomic E-state index is 15.9. The largest absolute Gasteiger partial charge is 0.524 e. The summed E-state index contributed by atoms with van der Waals surface area (Å²) < 4.78 is 183. The van der Waals surface area contributed by atoms with Gasteiger partial charge in [-0.3, -0.25) is 38.1 Å². The number of aryl methyl sites for hydroxylation is 2. The van der Waals surface area contributed by atoms with Gasteiger partial charge in [-0.2, -0.15) is 41.4 Å². The Bertz CT molecular complexity index is 4070. The number of hydrogen-bond donors (Lipinski definition) is 4. The zero-order valence-corrected chi connectivity index (χ0v) is 46.3. The van der Waals surface area contributed by atoms with Gasteiger partial charge in [-0.1, -0.05) is 38.7 Å². The number of anilines is 1. The van der Waals surface area contributed by atoms with E-state index in [-0.39, 0.29) is 45.5 Å². The van der Waals surface area contributed by atoms with E-state index in [1.807, 2.05) is 0 Å². The number of amides is 2. The number of sulfonamides is 1. The van der Waals surface area contributed by atoms with Crippen LogP contribution >= 0.6 is 7.82 Å². The Hall–Kier alpha value is -8.07. The lowest BCUT2D eigenvalue weighted by atomic mass is 9.78. The van der Waals surface area contributed by atoms with Crippen molar-refractivity contribution >= 4 is 58.2 Å². The minimum Gasteiger partial charge on any atom is -0.478 e. The molecule has 446 valence electrons. The molecular weight excluding hydrogens is 1180 g/mol. The van der Waals surface area contributed by atoms with Gasteiger partial charge in [0.15, 0.2) is 11.5 Å². The van der Waals surface area contributed by atoms with E-state index in [0.717, 1.165) is 45.6 Å². The van der Waals surface area contributed by atoms with Crippen LogP contribution in [0.3, 0.4) is 0 Å². The number of carbonyl (C=O) groups is 3. The molecule has 4 atom stereocenters. The number of alkyl halides is 7. The van der Waals surface area contributed by atoms with Crippen molar-refractivity contribution in [2.45, 2.75) is 102 Å². The number of phosphoric ester groups is 1. The molecule has 0 saturated heterocycles.